The highest BCUT2D eigenvalue weighted by molar-refractivity contribution is 7.99. The second-order valence-corrected chi connectivity index (χ2v) is 10.1. The van der Waals surface area contributed by atoms with Gasteiger partial charge in [0.15, 0.2) is 0 Å². The number of nitro groups is 1. The standard InChI is InChI=1S/C24H25ClN8O2S/c25-18-6-8-19(9-7-18)36-21-10-5-17(15-20(21)33(34)35)16-26-30-22-27-23(31-11-1-2-12-31)29-24(28-22)32-13-3-4-14-32/h5-10,15-16H,1-4,11-14H2,(H,27,28,29,30). The summed E-state index contributed by atoms with van der Waals surface area (Å²) in [5, 5.41) is 16.6. The summed E-state index contributed by atoms with van der Waals surface area (Å²) in [5.74, 6) is 1.66. The van der Waals surface area contributed by atoms with Crippen molar-refractivity contribution in [2.75, 3.05) is 41.4 Å². The molecule has 0 atom stereocenters. The SMILES string of the molecule is O=[N+]([O-])c1cc(C=NNc2nc(N3CCCC3)nc(N3CCCC3)n2)ccc1Sc1ccc(Cl)cc1. The third-order valence-electron chi connectivity index (χ3n) is 5.99. The van der Waals surface area contributed by atoms with E-state index in [9.17, 15) is 10.1 Å². The molecule has 3 aromatic rings. The predicted molar refractivity (Wildman–Crippen MR) is 143 cm³/mol. The van der Waals surface area contributed by atoms with Gasteiger partial charge in [0.25, 0.3) is 5.69 Å². The van der Waals surface area contributed by atoms with E-state index in [1.807, 2.05) is 12.1 Å². The molecule has 2 saturated heterocycles. The summed E-state index contributed by atoms with van der Waals surface area (Å²) in [5.41, 5.74) is 3.49. The molecule has 2 aliphatic heterocycles. The lowest BCUT2D eigenvalue weighted by molar-refractivity contribution is -0.387. The minimum atomic E-state index is -0.389. The molecule has 0 unspecified atom stereocenters. The molecule has 3 heterocycles. The van der Waals surface area contributed by atoms with Crippen LogP contribution in [0.4, 0.5) is 23.5 Å². The summed E-state index contributed by atoms with van der Waals surface area (Å²) in [4.78, 5) is 30.9. The van der Waals surface area contributed by atoms with Gasteiger partial charge >= 0.3 is 0 Å². The molecule has 186 valence electrons. The van der Waals surface area contributed by atoms with Crippen LogP contribution in [0, 0.1) is 10.1 Å². The van der Waals surface area contributed by atoms with E-state index in [-0.39, 0.29) is 10.6 Å². The Morgan fingerprint density at radius 2 is 1.56 bits per heavy atom. The number of benzene rings is 2. The fraction of sp³-hybridized carbons (Fsp3) is 0.333. The van der Waals surface area contributed by atoms with Crippen LogP contribution in [0.3, 0.4) is 0 Å². The van der Waals surface area contributed by atoms with E-state index in [4.69, 9.17) is 16.6 Å². The van der Waals surface area contributed by atoms with Crippen LogP contribution < -0.4 is 15.2 Å². The molecule has 0 bridgehead atoms. The van der Waals surface area contributed by atoms with Gasteiger partial charge in [-0.2, -0.15) is 20.1 Å². The van der Waals surface area contributed by atoms with E-state index in [2.05, 4.69) is 30.3 Å². The number of hydrazone groups is 1. The van der Waals surface area contributed by atoms with Gasteiger partial charge in [0.05, 0.1) is 16.0 Å². The molecule has 2 fully saturated rings. The van der Waals surface area contributed by atoms with Crippen LogP contribution in [0.5, 0.6) is 0 Å². The Hall–Kier alpha value is -3.44. The maximum Gasteiger partial charge on any atom is 0.283 e. The van der Waals surface area contributed by atoms with Crippen molar-refractivity contribution in [3.63, 3.8) is 0 Å². The monoisotopic (exact) mass is 524 g/mol. The third kappa shape index (κ3) is 5.85. The van der Waals surface area contributed by atoms with Crippen LogP contribution >= 0.6 is 23.4 Å². The zero-order valence-corrected chi connectivity index (χ0v) is 21.1. The number of hydrogen-bond acceptors (Lipinski definition) is 10. The Morgan fingerprint density at radius 1 is 0.944 bits per heavy atom. The summed E-state index contributed by atoms with van der Waals surface area (Å²) in [6.07, 6.45) is 6.01. The lowest BCUT2D eigenvalue weighted by atomic mass is 10.2. The van der Waals surface area contributed by atoms with Crippen LogP contribution in [0.1, 0.15) is 31.2 Å². The number of aromatic nitrogens is 3. The largest absolute Gasteiger partial charge is 0.341 e. The minimum absolute atomic E-state index is 0.00620. The summed E-state index contributed by atoms with van der Waals surface area (Å²) < 4.78 is 0. The molecule has 36 heavy (non-hydrogen) atoms. The molecular formula is C24H25ClN8O2S. The summed E-state index contributed by atoms with van der Waals surface area (Å²) in [6.45, 7) is 3.71. The molecule has 0 aliphatic carbocycles. The van der Waals surface area contributed by atoms with Crippen molar-refractivity contribution in [2.24, 2.45) is 5.10 Å². The molecule has 2 aromatic carbocycles. The number of nitro benzene ring substituents is 1. The average Bonchev–Trinajstić information content (AvgIpc) is 3.61. The number of nitrogens with zero attached hydrogens (tertiary/aromatic N) is 7. The molecule has 0 radical (unpaired) electrons. The Kier molecular flexibility index (Phi) is 7.47. The summed E-state index contributed by atoms with van der Waals surface area (Å²) >= 11 is 7.25. The molecule has 5 rings (SSSR count). The maximum atomic E-state index is 11.7. The van der Waals surface area contributed by atoms with E-state index < -0.39 is 0 Å². The van der Waals surface area contributed by atoms with Crippen LogP contribution in [-0.4, -0.2) is 52.3 Å². The number of rotatable bonds is 8. The van der Waals surface area contributed by atoms with Gasteiger partial charge in [-0.25, -0.2) is 5.43 Å². The van der Waals surface area contributed by atoms with E-state index in [0.29, 0.717) is 33.3 Å². The Balaban J connectivity index is 1.33. The van der Waals surface area contributed by atoms with Crippen molar-refractivity contribution in [3.8, 4) is 0 Å². The van der Waals surface area contributed by atoms with Gasteiger partial charge in [-0.15, -0.1) is 0 Å². The van der Waals surface area contributed by atoms with Gasteiger partial charge in [0.1, 0.15) is 0 Å². The Bertz CT molecular complexity index is 1230. The first-order valence-electron chi connectivity index (χ1n) is 11.8. The van der Waals surface area contributed by atoms with Gasteiger partial charge in [0.2, 0.25) is 17.8 Å². The smallest absolute Gasteiger partial charge is 0.283 e. The van der Waals surface area contributed by atoms with Crippen molar-refractivity contribution in [1.29, 1.82) is 0 Å². The van der Waals surface area contributed by atoms with Crippen molar-refractivity contribution < 1.29 is 4.92 Å². The van der Waals surface area contributed by atoms with Gasteiger partial charge in [-0.3, -0.25) is 10.1 Å². The van der Waals surface area contributed by atoms with Crippen LogP contribution in [0.2, 0.25) is 5.02 Å². The van der Waals surface area contributed by atoms with Gasteiger partial charge in [0, 0.05) is 47.7 Å². The van der Waals surface area contributed by atoms with E-state index in [0.717, 1.165) is 56.8 Å². The van der Waals surface area contributed by atoms with Crippen LogP contribution in [0.25, 0.3) is 0 Å². The summed E-state index contributed by atoms with van der Waals surface area (Å²) in [6, 6.07) is 12.2. The first-order valence-corrected chi connectivity index (χ1v) is 13.0. The zero-order valence-electron chi connectivity index (χ0n) is 19.5. The predicted octanol–water partition coefficient (Wildman–Crippen LogP) is 5.23. The fourth-order valence-corrected chi connectivity index (χ4v) is 5.19. The van der Waals surface area contributed by atoms with Crippen molar-refractivity contribution >= 4 is 53.1 Å². The van der Waals surface area contributed by atoms with Crippen molar-refractivity contribution in [2.45, 2.75) is 35.5 Å². The van der Waals surface area contributed by atoms with E-state index >= 15 is 0 Å². The van der Waals surface area contributed by atoms with Crippen LogP contribution in [0.15, 0.2) is 57.4 Å². The Morgan fingerprint density at radius 3 is 2.14 bits per heavy atom. The number of halogens is 1. The lowest BCUT2D eigenvalue weighted by Crippen LogP contribution is -2.25. The highest BCUT2D eigenvalue weighted by Crippen LogP contribution is 2.35. The number of hydrogen-bond donors (Lipinski definition) is 1. The molecule has 0 spiro atoms. The van der Waals surface area contributed by atoms with E-state index in [1.165, 1.54) is 24.0 Å². The van der Waals surface area contributed by atoms with E-state index in [1.54, 1.807) is 24.3 Å². The lowest BCUT2D eigenvalue weighted by Gasteiger charge is -2.20. The molecule has 1 aromatic heterocycles. The topological polar surface area (TPSA) is 113 Å². The first-order chi connectivity index (χ1) is 17.5. The molecule has 0 amide bonds. The van der Waals surface area contributed by atoms with Crippen molar-refractivity contribution in [1.82, 2.24) is 15.0 Å². The maximum absolute atomic E-state index is 11.7. The van der Waals surface area contributed by atoms with Gasteiger partial charge in [-0.1, -0.05) is 29.4 Å². The highest BCUT2D eigenvalue weighted by atomic mass is 35.5. The summed E-state index contributed by atoms with van der Waals surface area (Å²) in [7, 11) is 0. The normalized spacial score (nSPS) is 15.7. The molecule has 12 heteroatoms. The minimum Gasteiger partial charge on any atom is -0.341 e. The molecule has 0 saturated carbocycles. The fourth-order valence-electron chi connectivity index (χ4n) is 4.16. The Labute approximate surface area is 217 Å². The first kappa shape index (κ1) is 24.3. The second kappa shape index (κ2) is 11.1. The molecule has 2 aliphatic rings. The number of anilines is 3. The van der Waals surface area contributed by atoms with Crippen LogP contribution in [-0.2, 0) is 0 Å². The highest BCUT2D eigenvalue weighted by Gasteiger charge is 2.21. The van der Waals surface area contributed by atoms with Crippen molar-refractivity contribution in [3.05, 3.63) is 63.2 Å². The molecule has 1 N–H and O–H groups in total. The molecule has 10 nitrogen and oxygen atoms in total. The average molecular weight is 525 g/mol. The zero-order chi connectivity index (χ0) is 24.9. The van der Waals surface area contributed by atoms with Gasteiger partial charge in [-0.05, 0) is 56.0 Å². The quantitative estimate of drug-likeness (QED) is 0.240. The second-order valence-electron chi connectivity index (χ2n) is 8.56. The number of nitrogens with one attached hydrogen (secondary N) is 1. The van der Waals surface area contributed by atoms with Gasteiger partial charge < -0.3 is 9.80 Å². The molecular weight excluding hydrogens is 500 g/mol. The third-order valence-corrected chi connectivity index (χ3v) is 7.31.